The lowest BCUT2D eigenvalue weighted by Gasteiger charge is -2.40. The number of esters is 5. The molecule has 1 fully saturated rings. The van der Waals surface area contributed by atoms with E-state index in [4.69, 9.17) is 47.4 Å². The molecule has 1 saturated heterocycles. The molecule has 0 aromatic heterocycles. The highest BCUT2D eigenvalue weighted by atomic mass is 16.7. The summed E-state index contributed by atoms with van der Waals surface area (Å²) in [5.41, 5.74) is 0.366. The van der Waals surface area contributed by atoms with Crippen LogP contribution in [0, 0.1) is 0 Å². The van der Waals surface area contributed by atoms with E-state index in [1.54, 1.807) is 30.3 Å². The summed E-state index contributed by atoms with van der Waals surface area (Å²) in [5.74, 6) is -2.50. The van der Waals surface area contributed by atoms with E-state index < -0.39 is 66.7 Å². The Morgan fingerprint density at radius 1 is 0.723 bits per heavy atom. The van der Waals surface area contributed by atoms with Crippen LogP contribution in [0.1, 0.15) is 46.3 Å². The molecule has 1 aliphatic rings. The molecule has 1 aliphatic heterocycles. The van der Waals surface area contributed by atoms with Gasteiger partial charge < -0.3 is 47.4 Å². The smallest absolute Gasteiger partial charge is 0.308 e. The Labute approximate surface area is 271 Å². The maximum atomic E-state index is 12.4. The molecule has 6 atom stereocenters. The Bertz CT molecular complexity index is 1420. The van der Waals surface area contributed by atoms with Gasteiger partial charge in [-0.3, -0.25) is 24.0 Å². The summed E-state index contributed by atoms with van der Waals surface area (Å²) in [6.45, 7) is 5.23. The zero-order valence-corrected chi connectivity index (χ0v) is 27.0. The highest BCUT2D eigenvalue weighted by Gasteiger charge is 2.48. The van der Waals surface area contributed by atoms with Crippen molar-refractivity contribution in [3.8, 4) is 23.0 Å². The molecule has 2 aromatic rings. The van der Waals surface area contributed by atoms with Crippen LogP contribution < -0.4 is 18.9 Å². The molecule has 2 aromatic carbocycles. The molecule has 0 aliphatic carbocycles. The van der Waals surface area contributed by atoms with E-state index in [0.717, 1.165) is 20.8 Å². The molecule has 15 nitrogen and oxygen atoms in total. The van der Waals surface area contributed by atoms with Gasteiger partial charge in [0.05, 0.1) is 27.4 Å². The standard InChI is InChI=1S/C32H38O15/c1-17(33)42-25-13-12-22(14-26(25)39-7)29(44-19(3)35)27(47-24-11-9-8-10-23(24)38-6)15-40-32-31(46-21(5)37)30(45-20(4)36)28(16-41-32)43-18(2)34/h8-14,27-32H,15-16H2,1-7H3/t27-,28-,29-,30+,31-,32-/m1/s1. The number of para-hydroxylation sites is 2. The van der Waals surface area contributed by atoms with Gasteiger partial charge in [-0.25, -0.2) is 0 Å². The van der Waals surface area contributed by atoms with E-state index in [1.807, 2.05) is 0 Å². The quantitative estimate of drug-likeness (QED) is 0.164. The first kappa shape index (κ1) is 36.6. The Morgan fingerprint density at radius 3 is 1.91 bits per heavy atom. The van der Waals surface area contributed by atoms with Crippen molar-refractivity contribution in [3.63, 3.8) is 0 Å². The van der Waals surface area contributed by atoms with Gasteiger partial charge in [-0.15, -0.1) is 0 Å². The van der Waals surface area contributed by atoms with Crippen LogP contribution in [0.15, 0.2) is 42.5 Å². The van der Waals surface area contributed by atoms with Gasteiger partial charge in [0.1, 0.15) is 0 Å². The molecule has 0 saturated carbocycles. The number of benzene rings is 2. The summed E-state index contributed by atoms with van der Waals surface area (Å²) >= 11 is 0. The minimum absolute atomic E-state index is 0.127. The topological polar surface area (TPSA) is 178 Å². The third kappa shape index (κ3) is 10.6. The number of carbonyl (C=O) groups is 5. The van der Waals surface area contributed by atoms with Crippen LogP contribution in [0.4, 0.5) is 0 Å². The SMILES string of the molecule is COc1cc([C@@H](OC(C)=O)[C@@H](CO[C@@H]2OC[C@@H](OC(C)=O)[C@H](OC(C)=O)[C@H]2OC(C)=O)Oc2ccccc2OC)ccc1OC(C)=O. The lowest BCUT2D eigenvalue weighted by atomic mass is 10.0. The molecule has 256 valence electrons. The largest absolute Gasteiger partial charge is 0.493 e. The fourth-order valence-electron chi connectivity index (χ4n) is 4.74. The summed E-state index contributed by atoms with van der Waals surface area (Å²) in [5, 5.41) is 0. The molecule has 15 heteroatoms. The summed E-state index contributed by atoms with van der Waals surface area (Å²) in [6.07, 6.45) is -7.45. The molecular formula is C32H38O15. The summed E-state index contributed by atoms with van der Waals surface area (Å²) in [6, 6.07) is 11.2. The van der Waals surface area contributed by atoms with Crippen molar-refractivity contribution in [1.29, 1.82) is 0 Å². The van der Waals surface area contributed by atoms with Crippen LogP contribution in [-0.4, -0.2) is 88.0 Å². The predicted molar refractivity (Wildman–Crippen MR) is 159 cm³/mol. The van der Waals surface area contributed by atoms with Gasteiger partial charge in [0.25, 0.3) is 0 Å². The number of methoxy groups -OCH3 is 2. The minimum Gasteiger partial charge on any atom is -0.493 e. The average molecular weight is 663 g/mol. The second-order valence-corrected chi connectivity index (χ2v) is 10.2. The number of carbonyl (C=O) groups excluding carboxylic acids is 5. The van der Waals surface area contributed by atoms with Gasteiger partial charge in [0.2, 0.25) is 0 Å². The van der Waals surface area contributed by atoms with E-state index in [1.165, 1.54) is 40.2 Å². The normalized spacial score (nSPS) is 20.1. The van der Waals surface area contributed by atoms with Crippen molar-refractivity contribution in [3.05, 3.63) is 48.0 Å². The van der Waals surface area contributed by atoms with E-state index in [0.29, 0.717) is 11.3 Å². The van der Waals surface area contributed by atoms with Gasteiger partial charge in [-0.2, -0.15) is 0 Å². The molecule has 1 heterocycles. The summed E-state index contributed by atoms with van der Waals surface area (Å²) in [4.78, 5) is 59.9. The van der Waals surface area contributed by atoms with Crippen molar-refractivity contribution in [2.45, 2.75) is 71.4 Å². The van der Waals surface area contributed by atoms with Gasteiger partial charge in [0, 0.05) is 40.2 Å². The first-order chi connectivity index (χ1) is 22.3. The number of hydrogen-bond donors (Lipinski definition) is 0. The molecule has 0 radical (unpaired) electrons. The van der Waals surface area contributed by atoms with Gasteiger partial charge in [-0.1, -0.05) is 18.2 Å². The van der Waals surface area contributed by atoms with Gasteiger partial charge >= 0.3 is 29.8 Å². The summed E-state index contributed by atoms with van der Waals surface area (Å²) < 4.78 is 56.1. The lowest BCUT2D eigenvalue weighted by molar-refractivity contribution is -0.285. The first-order valence-corrected chi connectivity index (χ1v) is 14.4. The molecule has 0 unspecified atom stereocenters. The van der Waals surface area contributed by atoms with E-state index >= 15 is 0 Å². The summed E-state index contributed by atoms with van der Waals surface area (Å²) in [7, 11) is 2.82. The Balaban J connectivity index is 2.04. The molecule has 0 N–H and O–H groups in total. The predicted octanol–water partition coefficient (Wildman–Crippen LogP) is 2.85. The van der Waals surface area contributed by atoms with Crippen molar-refractivity contribution in [2.24, 2.45) is 0 Å². The number of hydrogen-bond acceptors (Lipinski definition) is 15. The zero-order chi connectivity index (χ0) is 34.7. The van der Waals surface area contributed by atoms with Crippen LogP contribution in [0.2, 0.25) is 0 Å². The third-order valence-electron chi connectivity index (χ3n) is 6.48. The average Bonchev–Trinajstić information content (AvgIpc) is 2.99. The van der Waals surface area contributed by atoms with Crippen LogP contribution in [0.3, 0.4) is 0 Å². The Hall–Kier alpha value is -4.89. The number of ether oxygens (including phenoxy) is 10. The van der Waals surface area contributed by atoms with Crippen LogP contribution in [0.25, 0.3) is 0 Å². The van der Waals surface area contributed by atoms with E-state index in [2.05, 4.69) is 0 Å². The van der Waals surface area contributed by atoms with Crippen LogP contribution >= 0.6 is 0 Å². The first-order valence-electron chi connectivity index (χ1n) is 14.4. The minimum atomic E-state index is -1.38. The maximum absolute atomic E-state index is 12.4. The lowest BCUT2D eigenvalue weighted by Crippen LogP contribution is -2.58. The molecule has 0 amide bonds. The zero-order valence-electron chi connectivity index (χ0n) is 27.0. The van der Waals surface area contributed by atoms with Gasteiger partial charge in [-0.05, 0) is 24.3 Å². The van der Waals surface area contributed by atoms with Crippen molar-refractivity contribution in [1.82, 2.24) is 0 Å². The fraction of sp³-hybridized carbons (Fsp3) is 0.469. The third-order valence-corrected chi connectivity index (χ3v) is 6.48. The second kappa shape index (κ2) is 17.1. The van der Waals surface area contributed by atoms with Crippen molar-refractivity contribution < 1.29 is 71.3 Å². The Kier molecular flexibility index (Phi) is 13.3. The molecule has 47 heavy (non-hydrogen) atoms. The molecule has 0 bridgehead atoms. The van der Waals surface area contributed by atoms with E-state index in [-0.39, 0.29) is 30.5 Å². The fourth-order valence-corrected chi connectivity index (χ4v) is 4.74. The number of rotatable bonds is 14. The monoisotopic (exact) mass is 662 g/mol. The highest BCUT2D eigenvalue weighted by Crippen LogP contribution is 2.36. The van der Waals surface area contributed by atoms with Crippen molar-refractivity contribution >= 4 is 29.8 Å². The molecule has 3 rings (SSSR count). The molecule has 0 spiro atoms. The van der Waals surface area contributed by atoms with Gasteiger partial charge in [0.15, 0.2) is 59.8 Å². The highest BCUT2D eigenvalue weighted by molar-refractivity contribution is 5.71. The van der Waals surface area contributed by atoms with Crippen molar-refractivity contribution in [2.75, 3.05) is 27.4 Å². The van der Waals surface area contributed by atoms with E-state index in [9.17, 15) is 24.0 Å². The van der Waals surface area contributed by atoms with Crippen LogP contribution in [-0.2, 0) is 52.4 Å². The second-order valence-electron chi connectivity index (χ2n) is 10.2. The maximum Gasteiger partial charge on any atom is 0.308 e. The Morgan fingerprint density at radius 2 is 1.34 bits per heavy atom. The molecular weight excluding hydrogens is 624 g/mol. The van der Waals surface area contributed by atoms with Crippen LogP contribution in [0.5, 0.6) is 23.0 Å².